The molecular formula is C18H20N4O. The molecule has 0 spiro atoms. The first kappa shape index (κ1) is 15.2. The number of likely N-dealkylation sites (tertiary alicyclic amines) is 1. The summed E-state index contributed by atoms with van der Waals surface area (Å²) in [6, 6.07) is 8.12. The predicted octanol–water partition coefficient (Wildman–Crippen LogP) is 2.59. The monoisotopic (exact) mass is 308 g/mol. The molecule has 1 amide bonds. The van der Waals surface area contributed by atoms with Crippen LogP contribution in [0.2, 0.25) is 0 Å². The van der Waals surface area contributed by atoms with E-state index < -0.39 is 0 Å². The molecule has 0 saturated carbocycles. The van der Waals surface area contributed by atoms with Crippen molar-refractivity contribution < 1.29 is 4.79 Å². The van der Waals surface area contributed by atoms with Crippen LogP contribution in [0, 0.1) is 0 Å². The van der Waals surface area contributed by atoms with Crippen LogP contribution in [-0.2, 0) is 4.79 Å². The first-order valence-electron chi connectivity index (χ1n) is 7.85. The SMILES string of the molecule is O=C(/C=C/c1cccnc1)N1CCC(Nc2cccnc2)CC1. The minimum Gasteiger partial charge on any atom is -0.381 e. The van der Waals surface area contributed by atoms with E-state index in [-0.39, 0.29) is 5.91 Å². The van der Waals surface area contributed by atoms with Crippen molar-refractivity contribution in [1.82, 2.24) is 14.9 Å². The lowest BCUT2D eigenvalue weighted by Crippen LogP contribution is -2.41. The molecule has 1 fully saturated rings. The molecule has 5 nitrogen and oxygen atoms in total. The zero-order chi connectivity index (χ0) is 15.9. The summed E-state index contributed by atoms with van der Waals surface area (Å²) in [5.74, 6) is 0.0636. The lowest BCUT2D eigenvalue weighted by Gasteiger charge is -2.32. The highest BCUT2D eigenvalue weighted by molar-refractivity contribution is 5.91. The zero-order valence-electron chi connectivity index (χ0n) is 12.9. The number of carbonyl (C=O) groups excluding carboxylic acids is 1. The number of carbonyl (C=O) groups is 1. The van der Waals surface area contributed by atoms with Gasteiger partial charge in [-0.05, 0) is 42.7 Å². The Kier molecular flexibility index (Phi) is 4.99. The summed E-state index contributed by atoms with van der Waals surface area (Å²) in [5, 5.41) is 3.47. The number of anilines is 1. The highest BCUT2D eigenvalue weighted by Gasteiger charge is 2.21. The first-order valence-corrected chi connectivity index (χ1v) is 7.85. The fraction of sp³-hybridized carbons (Fsp3) is 0.278. The molecule has 0 unspecified atom stereocenters. The second kappa shape index (κ2) is 7.54. The number of nitrogens with zero attached hydrogens (tertiary/aromatic N) is 3. The van der Waals surface area contributed by atoms with Crippen LogP contribution in [0.4, 0.5) is 5.69 Å². The number of amides is 1. The van der Waals surface area contributed by atoms with Gasteiger partial charge in [-0.2, -0.15) is 0 Å². The Balaban J connectivity index is 1.48. The number of pyridine rings is 2. The van der Waals surface area contributed by atoms with Gasteiger partial charge in [-0.25, -0.2) is 0 Å². The van der Waals surface area contributed by atoms with Crippen molar-refractivity contribution in [3.63, 3.8) is 0 Å². The second-order valence-corrected chi connectivity index (χ2v) is 5.61. The maximum Gasteiger partial charge on any atom is 0.246 e. The average molecular weight is 308 g/mol. The molecule has 0 aromatic carbocycles. The predicted molar refractivity (Wildman–Crippen MR) is 90.7 cm³/mol. The maximum absolute atomic E-state index is 12.2. The Bertz CT molecular complexity index is 649. The third-order valence-electron chi connectivity index (χ3n) is 3.94. The van der Waals surface area contributed by atoms with Gasteiger partial charge in [0.1, 0.15) is 0 Å². The number of hydrogen-bond acceptors (Lipinski definition) is 4. The molecule has 2 aromatic heterocycles. The summed E-state index contributed by atoms with van der Waals surface area (Å²) in [6.07, 6.45) is 12.4. The Labute approximate surface area is 136 Å². The van der Waals surface area contributed by atoms with Gasteiger partial charge in [-0.3, -0.25) is 14.8 Å². The standard InChI is InChI=1S/C18H20N4O/c23-18(6-5-15-3-1-9-19-13-15)22-11-7-16(8-12-22)21-17-4-2-10-20-14-17/h1-6,9-10,13-14,16,21H,7-8,11-12H2/b6-5+. The zero-order valence-corrected chi connectivity index (χ0v) is 12.9. The Hall–Kier alpha value is -2.69. The smallest absolute Gasteiger partial charge is 0.246 e. The van der Waals surface area contributed by atoms with Crippen molar-refractivity contribution in [3.05, 3.63) is 60.7 Å². The molecule has 0 aliphatic carbocycles. The molecule has 5 heteroatoms. The fourth-order valence-corrected chi connectivity index (χ4v) is 2.68. The summed E-state index contributed by atoms with van der Waals surface area (Å²) >= 11 is 0. The Morgan fingerprint density at radius 2 is 1.87 bits per heavy atom. The van der Waals surface area contributed by atoms with E-state index in [9.17, 15) is 4.79 Å². The van der Waals surface area contributed by atoms with Crippen LogP contribution < -0.4 is 5.32 Å². The van der Waals surface area contributed by atoms with Gasteiger partial charge in [0, 0.05) is 50.0 Å². The summed E-state index contributed by atoms with van der Waals surface area (Å²) < 4.78 is 0. The molecule has 2 aromatic rings. The molecule has 1 aliphatic rings. The molecular weight excluding hydrogens is 288 g/mol. The largest absolute Gasteiger partial charge is 0.381 e. The molecule has 0 radical (unpaired) electrons. The summed E-state index contributed by atoms with van der Waals surface area (Å²) in [7, 11) is 0. The van der Waals surface area contributed by atoms with Crippen molar-refractivity contribution in [2.75, 3.05) is 18.4 Å². The Morgan fingerprint density at radius 1 is 1.13 bits per heavy atom. The summed E-state index contributed by atoms with van der Waals surface area (Å²) in [6.45, 7) is 1.54. The van der Waals surface area contributed by atoms with Crippen LogP contribution in [0.15, 0.2) is 55.1 Å². The normalized spacial score (nSPS) is 15.7. The Morgan fingerprint density at radius 3 is 2.52 bits per heavy atom. The van der Waals surface area contributed by atoms with Crippen molar-refractivity contribution in [2.45, 2.75) is 18.9 Å². The number of piperidine rings is 1. The number of rotatable bonds is 4. The quantitative estimate of drug-likeness (QED) is 0.882. The molecule has 118 valence electrons. The van der Waals surface area contributed by atoms with E-state index in [0.29, 0.717) is 6.04 Å². The minimum absolute atomic E-state index is 0.0636. The van der Waals surface area contributed by atoms with E-state index in [1.165, 1.54) is 0 Å². The van der Waals surface area contributed by atoms with E-state index in [1.54, 1.807) is 24.7 Å². The van der Waals surface area contributed by atoms with E-state index >= 15 is 0 Å². The van der Waals surface area contributed by atoms with Gasteiger partial charge in [-0.15, -0.1) is 0 Å². The second-order valence-electron chi connectivity index (χ2n) is 5.61. The third kappa shape index (κ3) is 4.39. The first-order chi connectivity index (χ1) is 11.3. The van der Waals surface area contributed by atoms with Gasteiger partial charge >= 0.3 is 0 Å². The summed E-state index contributed by atoms with van der Waals surface area (Å²) in [5.41, 5.74) is 1.97. The fourth-order valence-electron chi connectivity index (χ4n) is 2.68. The lowest BCUT2D eigenvalue weighted by atomic mass is 10.0. The molecule has 0 atom stereocenters. The van der Waals surface area contributed by atoms with Crippen LogP contribution >= 0.6 is 0 Å². The van der Waals surface area contributed by atoms with Gasteiger partial charge in [0.05, 0.1) is 5.69 Å². The number of hydrogen-bond donors (Lipinski definition) is 1. The molecule has 1 N–H and O–H groups in total. The minimum atomic E-state index is 0.0636. The van der Waals surface area contributed by atoms with Gasteiger partial charge in [0.2, 0.25) is 5.91 Å². The highest BCUT2D eigenvalue weighted by Crippen LogP contribution is 2.16. The van der Waals surface area contributed by atoms with Crippen LogP contribution in [0.5, 0.6) is 0 Å². The van der Waals surface area contributed by atoms with Gasteiger partial charge < -0.3 is 10.2 Å². The highest BCUT2D eigenvalue weighted by atomic mass is 16.2. The summed E-state index contributed by atoms with van der Waals surface area (Å²) in [4.78, 5) is 22.3. The molecule has 1 aliphatic heterocycles. The van der Waals surface area contributed by atoms with E-state index in [0.717, 1.165) is 37.2 Å². The number of nitrogens with one attached hydrogen (secondary N) is 1. The molecule has 3 heterocycles. The van der Waals surface area contributed by atoms with Gasteiger partial charge in [0.15, 0.2) is 0 Å². The van der Waals surface area contributed by atoms with Gasteiger partial charge in [0.25, 0.3) is 0 Å². The van der Waals surface area contributed by atoms with E-state index in [2.05, 4.69) is 15.3 Å². The molecule has 1 saturated heterocycles. The lowest BCUT2D eigenvalue weighted by molar-refractivity contribution is -0.126. The maximum atomic E-state index is 12.2. The van der Waals surface area contributed by atoms with Crippen molar-refractivity contribution in [1.29, 1.82) is 0 Å². The molecule has 0 bridgehead atoms. The van der Waals surface area contributed by atoms with Crippen molar-refractivity contribution in [3.8, 4) is 0 Å². The van der Waals surface area contributed by atoms with Crippen LogP contribution in [-0.4, -0.2) is 39.9 Å². The van der Waals surface area contributed by atoms with Crippen LogP contribution in [0.1, 0.15) is 18.4 Å². The molecule has 23 heavy (non-hydrogen) atoms. The topological polar surface area (TPSA) is 58.1 Å². The molecule has 3 rings (SSSR count). The van der Waals surface area contributed by atoms with Gasteiger partial charge in [-0.1, -0.05) is 6.07 Å². The van der Waals surface area contributed by atoms with Crippen molar-refractivity contribution in [2.24, 2.45) is 0 Å². The van der Waals surface area contributed by atoms with Crippen LogP contribution in [0.3, 0.4) is 0 Å². The third-order valence-corrected chi connectivity index (χ3v) is 3.94. The van der Waals surface area contributed by atoms with E-state index in [1.807, 2.05) is 41.4 Å². The average Bonchev–Trinajstić information content (AvgIpc) is 2.62. The van der Waals surface area contributed by atoms with Crippen molar-refractivity contribution >= 4 is 17.7 Å². The van der Waals surface area contributed by atoms with Crippen LogP contribution in [0.25, 0.3) is 6.08 Å². The van der Waals surface area contributed by atoms with E-state index in [4.69, 9.17) is 0 Å². The number of aromatic nitrogens is 2.